The number of carbonyl (C=O) groups is 1. The summed E-state index contributed by atoms with van der Waals surface area (Å²) < 4.78 is 34.7. The number of nitrogens with one attached hydrogen (secondary N) is 1. The van der Waals surface area contributed by atoms with E-state index in [4.69, 9.17) is 21.1 Å². The molecule has 1 aromatic heterocycles. The van der Waals surface area contributed by atoms with Gasteiger partial charge < -0.3 is 9.47 Å². The van der Waals surface area contributed by atoms with E-state index in [1.807, 2.05) is 18.2 Å². The number of hydrogen-bond donors (Lipinski definition) is 1. The minimum Gasteiger partial charge on any atom is -0.493 e. The lowest BCUT2D eigenvalue weighted by atomic mass is 10.1. The van der Waals surface area contributed by atoms with Crippen molar-refractivity contribution in [2.24, 2.45) is 0 Å². The second-order valence-electron chi connectivity index (χ2n) is 6.73. The molecule has 0 aliphatic heterocycles. The standard InChI is InChI=1S/C22H19ClN4O5S2/c1-3-34(29,30)22-27-26-21(33-22)25-20(28)16(12-24)10-15-6-9-18(19(11-15)31-2)32-13-14-4-7-17(23)8-5-14/h4-11H,3,13H2,1-2H3,(H,25,26,28)/b16-10-. The first-order chi connectivity index (χ1) is 16.2. The Morgan fingerprint density at radius 3 is 2.59 bits per heavy atom. The number of amides is 1. The normalized spacial score (nSPS) is 11.5. The van der Waals surface area contributed by atoms with Gasteiger partial charge >= 0.3 is 0 Å². The van der Waals surface area contributed by atoms with Crippen molar-refractivity contribution in [3.8, 4) is 17.6 Å². The van der Waals surface area contributed by atoms with Crippen LogP contribution in [0.2, 0.25) is 5.02 Å². The van der Waals surface area contributed by atoms with Gasteiger partial charge in [0.15, 0.2) is 11.5 Å². The Balaban J connectivity index is 1.74. The van der Waals surface area contributed by atoms with Crippen LogP contribution in [0.5, 0.6) is 11.5 Å². The molecule has 1 N–H and O–H groups in total. The van der Waals surface area contributed by atoms with Crippen molar-refractivity contribution in [3.05, 3.63) is 64.2 Å². The average molecular weight is 519 g/mol. The molecule has 0 saturated heterocycles. The minimum absolute atomic E-state index is 0.0262. The zero-order valence-corrected chi connectivity index (χ0v) is 20.5. The molecule has 0 radical (unpaired) electrons. The Bertz CT molecular complexity index is 1360. The van der Waals surface area contributed by atoms with Gasteiger partial charge in [0.05, 0.1) is 12.9 Å². The second-order valence-corrected chi connectivity index (χ2v) is 10.6. The third-order valence-electron chi connectivity index (χ3n) is 4.44. The molecule has 176 valence electrons. The van der Waals surface area contributed by atoms with Crippen molar-refractivity contribution in [2.75, 3.05) is 18.2 Å². The van der Waals surface area contributed by atoms with Crippen molar-refractivity contribution in [2.45, 2.75) is 17.9 Å². The molecule has 0 unspecified atom stereocenters. The Labute approximate surface area is 205 Å². The predicted molar refractivity (Wildman–Crippen MR) is 129 cm³/mol. The number of rotatable bonds is 9. The smallest absolute Gasteiger partial charge is 0.268 e. The van der Waals surface area contributed by atoms with E-state index in [0.29, 0.717) is 40.0 Å². The molecule has 2 aromatic carbocycles. The van der Waals surface area contributed by atoms with Crippen LogP contribution in [0.25, 0.3) is 6.08 Å². The third-order valence-corrected chi connectivity index (χ3v) is 7.72. The van der Waals surface area contributed by atoms with E-state index >= 15 is 0 Å². The van der Waals surface area contributed by atoms with E-state index in [2.05, 4.69) is 15.5 Å². The Kier molecular flexibility index (Phi) is 8.22. The van der Waals surface area contributed by atoms with Gasteiger partial charge in [-0.3, -0.25) is 10.1 Å². The van der Waals surface area contributed by atoms with Crippen LogP contribution in [0.3, 0.4) is 0 Å². The molecule has 1 amide bonds. The molecular formula is C22H19ClN4O5S2. The molecule has 0 saturated carbocycles. The van der Waals surface area contributed by atoms with E-state index in [0.717, 1.165) is 5.56 Å². The number of anilines is 1. The largest absolute Gasteiger partial charge is 0.493 e. The van der Waals surface area contributed by atoms with Gasteiger partial charge in [-0.25, -0.2) is 8.42 Å². The summed E-state index contributed by atoms with van der Waals surface area (Å²) in [6.07, 6.45) is 1.37. The maximum Gasteiger partial charge on any atom is 0.268 e. The maximum absolute atomic E-state index is 12.5. The number of methoxy groups -OCH3 is 1. The Hall–Kier alpha value is -3.46. The molecule has 0 aliphatic rings. The fourth-order valence-electron chi connectivity index (χ4n) is 2.62. The van der Waals surface area contributed by atoms with Gasteiger partial charge in [0.1, 0.15) is 18.2 Å². The number of nitrogens with zero attached hydrogens (tertiary/aromatic N) is 3. The molecule has 3 aromatic rings. The van der Waals surface area contributed by atoms with Crippen LogP contribution in [-0.2, 0) is 21.2 Å². The first-order valence-corrected chi connectivity index (χ1v) is 12.6. The van der Waals surface area contributed by atoms with Gasteiger partial charge in [-0.05, 0) is 41.5 Å². The number of aromatic nitrogens is 2. The zero-order valence-electron chi connectivity index (χ0n) is 18.1. The molecule has 12 heteroatoms. The maximum atomic E-state index is 12.5. The summed E-state index contributed by atoms with van der Waals surface area (Å²) in [6.45, 7) is 1.78. The summed E-state index contributed by atoms with van der Waals surface area (Å²) >= 11 is 6.61. The number of benzene rings is 2. The number of sulfone groups is 1. The number of halogens is 1. The van der Waals surface area contributed by atoms with Crippen LogP contribution in [0.4, 0.5) is 5.13 Å². The summed E-state index contributed by atoms with van der Waals surface area (Å²) in [6, 6.07) is 14.0. The topological polar surface area (TPSA) is 131 Å². The zero-order chi connectivity index (χ0) is 24.7. The number of nitriles is 1. The summed E-state index contributed by atoms with van der Waals surface area (Å²) in [5, 5.41) is 19.7. The molecule has 0 spiro atoms. The predicted octanol–water partition coefficient (Wildman–Crippen LogP) is 4.12. The highest BCUT2D eigenvalue weighted by molar-refractivity contribution is 7.93. The monoisotopic (exact) mass is 518 g/mol. The molecular weight excluding hydrogens is 500 g/mol. The van der Waals surface area contributed by atoms with Crippen LogP contribution in [0.1, 0.15) is 18.1 Å². The highest BCUT2D eigenvalue weighted by atomic mass is 35.5. The third kappa shape index (κ3) is 6.32. The van der Waals surface area contributed by atoms with E-state index in [1.165, 1.54) is 20.1 Å². The van der Waals surface area contributed by atoms with Crippen molar-refractivity contribution < 1.29 is 22.7 Å². The summed E-state index contributed by atoms with van der Waals surface area (Å²) in [5.74, 6) is 0.0105. The molecule has 3 rings (SSSR count). The lowest BCUT2D eigenvalue weighted by molar-refractivity contribution is -0.112. The molecule has 9 nitrogen and oxygen atoms in total. The number of carbonyl (C=O) groups excluding carboxylic acids is 1. The molecule has 0 atom stereocenters. The van der Waals surface area contributed by atoms with Crippen molar-refractivity contribution in [3.63, 3.8) is 0 Å². The van der Waals surface area contributed by atoms with Crippen LogP contribution in [0, 0.1) is 11.3 Å². The highest BCUT2D eigenvalue weighted by Gasteiger charge is 2.20. The van der Waals surface area contributed by atoms with Crippen molar-refractivity contribution in [1.82, 2.24) is 10.2 Å². The van der Waals surface area contributed by atoms with Gasteiger partial charge in [-0.15, -0.1) is 10.2 Å². The Morgan fingerprint density at radius 2 is 1.94 bits per heavy atom. The van der Waals surface area contributed by atoms with E-state index in [9.17, 15) is 18.5 Å². The lowest BCUT2D eigenvalue weighted by Gasteiger charge is -2.11. The molecule has 0 aliphatic carbocycles. The summed E-state index contributed by atoms with van der Waals surface area (Å²) in [4.78, 5) is 12.5. The van der Waals surface area contributed by atoms with Crippen molar-refractivity contribution in [1.29, 1.82) is 5.26 Å². The molecule has 1 heterocycles. The minimum atomic E-state index is -3.54. The van der Waals surface area contributed by atoms with E-state index < -0.39 is 15.7 Å². The first kappa shape index (κ1) is 25.2. The van der Waals surface area contributed by atoms with Crippen molar-refractivity contribution >= 4 is 49.9 Å². The van der Waals surface area contributed by atoms with E-state index in [1.54, 1.807) is 30.3 Å². The van der Waals surface area contributed by atoms with Crippen LogP contribution < -0.4 is 14.8 Å². The van der Waals surface area contributed by atoms with Gasteiger partial charge in [0.2, 0.25) is 19.3 Å². The van der Waals surface area contributed by atoms with Gasteiger partial charge in [0.25, 0.3) is 5.91 Å². The van der Waals surface area contributed by atoms with Gasteiger partial charge in [-0.1, -0.05) is 48.1 Å². The molecule has 0 bridgehead atoms. The fourth-order valence-corrected chi connectivity index (χ4v) is 4.73. The quantitative estimate of drug-likeness (QED) is 0.254. The average Bonchev–Trinajstić information content (AvgIpc) is 3.31. The number of ether oxygens (including phenoxy) is 2. The SMILES string of the molecule is CCS(=O)(=O)c1nnc(NC(=O)/C(C#N)=C\c2ccc(OCc3ccc(Cl)cc3)c(OC)c2)s1. The molecule has 34 heavy (non-hydrogen) atoms. The van der Waals surface area contributed by atoms with Gasteiger partial charge in [0, 0.05) is 5.02 Å². The van der Waals surface area contributed by atoms with E-state index in [-0.39, 0.29) is 20.8 Å². The van der Waals surface area contributed by atoms with Crippen LogP contribution in [0.15, 0.2) is 52.4 Å². The van der Waals surface area contributed by atoms with Crippen LogP contribution in [-0.4, -0.2) is 37.4 Å². The number of hydrogen-bond acceptors (Lipinski definition) is 9. The Morgan fingerprint density at radius 1 is 1.21 bits per heavy atom. The summed E-state index contributed by atoms with van der Waals surface area (Å²) in [5.41, 5.74) is 1.23. The van der Waals surface area contributed by atoms with Crippen LogP contribution >= 0.6 is 22.9 Å². The molecule has 0 fully saturated rings. The second kappa shape index (κ2) is 11.1. The van der Waals surface area contributed by atoms with Gasteiger partial charge in [-0.2, -0.15) is 5.26 Å². The lowest BCUT2D eigenvalue weighted by Crippen LogP contribution is -2.13. The fraction of sp³-hybridized carbons (Fsp3) is 0.182. The first-order valence-electron chi connectivity index (χ1n) is 9.80. The summed E-state index contributed by atoms with van der Waals surface area (Å²) in [7, 11) is -2.06. The highest BCUT2D eigenvalue weighted by Crippen LogP contribution is 2.30.